The average Bonchev–Trinajstić information content (AvgIpc) is 2.78. The fourth-order valence-electron chi connectivity index (χ4n) is 2.87. The molecule has 0 fully saturated rings. The number of hydrogen-bond acceptors (Lipinski definition) is 4. The van der Waals surface area contributed by atoms with Crippen LogP contribution < -0.4 is 16.0 Å². The normalized spacial score (nSPS) is 10.4. The van der Waals surface area contributed by atoms with Gasteiger partial charge in [-0.1, -0.05) is 25.5 Å². The topological polar surface area (TPSA) is 96.5 Å². The van der Waals surface area contributed by atoms with E-state index in [0.717, 1.165) is 19.3 Å². The molecule has 0 aliphatic carbocycles. The van der Waals surface area contributed by atoms with E-state index in [-0.39, 0.29) is 17.7 Å². The van der Waals surface area contributed by atoms with Gasteiger partial charge in [-0.25, -0.2) is 0 Å². The third kappa shape index (κ3) is 8.22. The number of hydrogen-bond donors (Lipinski definition) is 3. The Hall–Kier alpha value is -3.19. The summed E-state index contributed by atoms with van der Waals surface area (Å²) < 4.78 is 5.26. The molecule has 0 aromatic heterocycles. The second-order valence-corrected chi connectivity index (χ2v) is 7.04. The van der Waals surface area contributed by atoms with Crippen molar-refractivity contribution >= 4 is 29.1 Å². The number of nitrogens with one attached hydrogen (secondary N) is 3. The van der Waals surface area contributed by atoms with Gasteiger partial charge in [0.1, 0.15) is 0 Å². The van der Waals surface area contributed by atoms with Crippen molar-refractivity contribution in [1.29, 1.82) is 0 Å². The van der Waals surface area contributed by atoms with E-state index < -0.39 is 0 Å². The van der Waals surface area contributed by atoms with Crippen molar-refractivity contribution < 1.29 is 19.1 Å². The molecule has 0 radical (unpaired) electrons. The van der Waals surface area contributed by atoms with Gasteiger partial charge < -0.3 is 20.7 Å². The summed E-state index contributed by atoms with van der Waals surface area (Å²) in [6.45, 7) is 5.69. The maximum Gasteiger partial charge on any atom is 0.255 e. The molecule has 3 N–H and O–H groups in total. The van der Waals surface area contributed by atoms with Crippen molar-refractivity contribution in [3.8, 4) is 0 Å². The van der Waals surface area contributed by atoms with Gasteiger partial charge in [-0.3, -0.25) is 14.4 Å². The van der Waals surface area contributed by atoms with Gasteiger partial charge in [0.25, 0.3) is 11.8 Å². The molecule has 0 atom stereocenters. The van der Waals surface area contributed by atoms with Crippen molar-refractivity contribution in [1.82, 2.24) is 5.32 Å². The van der Waals surface area contributed by atoms with Crippen molar-refractivity contribution in [2.75, 3.05) is 30.4 Å². The first-order valence-electron chi connectivity index (χ1n) is 10.7. The lowest BCUT2D eigenvalue weighted by Crippen LogP contribution is -2.26. The van der Waals surface area contributed by atoms with E-state index in [4.69, 9.17) is 4.74 Å². The number of benzene rings is 2. The van der Waals surface area contributed by atoms with Crippen LogP contribution >= 0.6 is 0 Å². The van der Waals surface area contributed by atoms with Gasteiger partial charge in [-0.15, -0.1) is 0 Å². The predicted octanol–water partition coefficient (Wildman–Crippen LogP) is 4.22. The van der Waals surface area contributed by atoms with E-state index in [1.54, 1.807) is 48.5 Å². The van der Waals surface area contributed by atoms with E-state index >= 15 is 0 Å². The molecular formula is C24H31N3O4. The number of carbonyl (C=O) groups excluding carboxylic acids is 3. The SMILES string of the molecule is CCCCC(=O)Nc1ccc(C(=O)Nc2ccccc2C(=O)NCCCOCC)cc1. The Kier molecular flexibility index (Phi) is 10.2. The van der Waals surface area contributed by atoms with E-state index in [1.165, 1.54) is 0 Å². The highest BCUT2D eigenvalue weighted by molar-refractivity contribution is 6.09. The molecule has 2 aromatic carbocycles. The zero-order chi connectivity index (χ0) is 22.5. The Labute approximate surface area is 183 Å². The number of para-hydroxylation sites is 1. The molecule has 0 bridgehead atoms. The molecular weight excluding hydrogens is 394 g/mol. The monoisotopic (exact) mass is 425 g/mol. The average molecular weight is 426 g/mol. The highest BCUT2D eigenvalue weighted by Crippen LogP contribution is 2.17. The quantitative estimate of drug-likeness (QED) is 0.444. The first-order valence-corrected chi connectivity index (χ1v) is 10.7. The second-order valence-electron chi connectivity index (χ2n) is 7.04. The van der Waals surface area contributed by atoms with Crippen LogP contribution in [0, 0.1) is 0 Å². The van der Waals surface area contributed by atoms with Crippen LogP contribution in [-0.4, -0.2) is 37.5 Å². The highest BCUT2D eigenvalue weighted by atomic mass is 16.5. The third-order valence-corrected chi connectivity index (χ3v) is 4.56. The number of anilines is 2. The van der Waals surface area contributed by atoms with E-state index in [9.17, 15) is 14.4 Å². The second kappa shape index (κ2) is 13.2. The summed E-state index contributed by atoms with van der Waals surface area (Å²) in [4.78, 5) is 37.0. The molecule has 7 nitrogen and oxygen atoms in total. The van der Waals surface area contributed by atoms with Crippen LogP contribution in [0.2, 0.25) is 0 Å². The molecule has 0 aliphatic heterocycles. The summed E-state index contributed by atoms with van der Waals surface area (Å²) in [6, 6.07) is 13.5. The van der Waals surface area contributed by atoms with Crippen LogP contribution in [0.15, 0.2) is 48.5 Å². The number of unbranched alkanes of at least 4 members (excludes halogenated alkanes) is 1. The molecule has 3 amide bonds. The van der Waals surface area contributed by atoms with Gasteiger partial charge in [0, 0.05) is 37.4 Å². The van der Waals surface area contributed by atoms with Crippen molar-refractivity contribution in [2.24, 2.45) is 0 Å². The van der Waals surface area contributed by atoms with Gasteiger partial charge in [0.05, 0.1) is 11.3 Å². The first-order chi connectivity index (χ1) is 15.0. The molecule has 0 heterocycles. The molecule has 7 heteroatoms. The molecule has 0 saturated heterocycles. The van der Waals surface area contributed by atoms with Crippen LogP contribution in [0.3, 0.4) is 0 Å². The Balaban J connectivity index is 1.96. The lowest BCUT2D eigenvalue weighted by molar-refractivity contribution is -0.116. The minimum Gasteiger partial charge on any atom is -0.382 e. The molecule has 0 spiro atoms. The molecule has 0 unspecified atom stereocenters. The summed E-state index contributed by atoms with van der Waals surface area (Å²) in [5.41, 5.74) is 1.90. The summed E-state index contributed by atoms with van der Waals surface area (Å²) in [5, 5.41) is 8.45. The number of carbonyl (C=O) groups is 3. The zero-order valence-electron chi connectivity index (χ0n) is 18.2. The molecule has 2 rings (SSSR count). The minimum absolute atomic E-state index is 0.0414. The highest BCUT2D eigenvalue weighted by Gasteiger charge is 2.14. The van der Waals surface area contributed by atoms with Crippen LogP contribution in [0.4, 0.5) is 11.4 Å². The van der Waals surface area contributed by atoms with Crippen LogP contribution in [-0.2, 0) is 9.53 Å². The number of ether oxygens (including phenoxy) is 1. The molecule has 31 heavy (non-hydrogen) atoms. The maximum absolute atomic E-state index is 12.6. The standard InChI is InChI=1S/C24H31N3O4/c1-3-5-11-22(28)26-19-14-12-18(13-15-19)23(29)27-21-10-7-6-9-20(21)24(30)25-16-8-17-31-4-2/h6-7,9-10,12-15H,3-5,8,11,16-17H2,1-2H3,(H,25,30)(H,26,28)(H,27,29). The summed E-state index contributed by atoms with van der Waals surface area (Å²) in [7, 11) is 0. The van der Waals surface area contributed by atoms with Crippen molar-refractivity contribution in [3.63, 3.8) is 0 Å². The summed E-state index contributed by atoms with van der Waals surface area (Å²) >= 11 is 0. The number of amides is 3. The summed E-state index contributed by atoms with van der Waals surface area (Å²) in [6.07, 6.45) is 2.99. The van der Waals surface area contributed by atoms with Gasteiger partial charge in [0.15, 0.2) is 0 Å². The Bertz CT molecular complexity index is 865. The zero-order valence-corrected chi connectivity index (χ0v) is 18.2. The van der Waals surface area contributed by atoms with E-state index in [1.807, 2.05) is 13.8 Å². The molecule has 166 valence electrons. The Morgan fingerprint density at radius 3 is 2.32 bits per heavy atom. The predicted molar refractivity (Wildman–Crippen MR) is 122 cm³/mol. The lowest BCUT2D eigenvalue weighted by Gasteiger charge is -2.12. The third-order valence-electron chi connectivity index (χ3n) is 4.56. The maximum atomic E-state index is 12.6. The van der Waals surface area contributed by atoms with E-state index in [0.29, 0.717) is 48.7 Å². The van der Waals surface area contributed by atoms with Gasteiger partial charge >= 0.3 is 0 Å². The van der Waals surface area contributed by atoms with E-state index in [2.05, 4.69) is 16.0 Å². The van der Waals surface area contributed by atoms with Crippen LogP contribution in [0.25, 0.3) is 0 Å². The largest absolute Gasteiger partial charge is 0.382 e. The van der Waals surface area contributed by atoms with Gasteiger partial charge in [-0.2, -0.15) is 0 Å². The molecule has 0 aliphatic rings. The lowest BCUT2D eigenvalue weighted by atomic mass is 10.1. The first kappa shape index (κ1) is 24.1. The number of rotatable bonds is 12. The molecule has 0 saturated carbocycles. The Morgan fingerprint density at radius 2 is 1.61 bits per heavy atom. The van der Waals surface area contributed by atoms with Crippen molar-refractivity contribution in [3.05, 3.63) is 59.7 Å². The molecule has 2 aromatic rings. The summed E-state index contributed by atoms with van der Waals surface area (Å²) in [5.74, 6) is -0.627. The smallest absolute Gasteiger partial charge is 0.255 e. The van der Waals surface area contributed by atoms with Crippen LogP contribution in [0.1, 0.15) is 60.2 Å². The fraction of sp³-hybridized carbons (Fsp3) is 0.375. The van der Waals surface area contributed by atoms with Gasteiger partial charge in [-0.05, 0) is 56.2 Å². The minimum atomic E-state index is -0.333. The van der Waals surface area contributed by atoms with Gasteiger partial charge in [0.2, 0.25) is 5.91 Å². The Morgan fingerprint density at radius 1 is 0.871 bits per heavy atom. The van der Waals surface area contributed by atoms with Crippen molar-refractivity contribution in [2.45, 2.75) is 39.5 Å². The van der Waals surface area contributed by atoms with Crippen LogP contribution in [0.5, 0.6) is 0 Å². The fourth-order valence-corrected chi connectivity index (χ4v) is 2.87.